The molecule has 2 aromatic carbocycles. The number of rotatable bonds is 8. The van der Waals surface area contributed by atoms with Crippen molar-refractivity contribution in [3.63, 3.8) is 0 Å². The quantitative estimate of drug-likeness (QED) is 0.397. The minimum atomic E-state index is -0.417. The lowest BCUT2D eigenvalue weighted by atomic mass is 10.0. The summed E-state index contributed by atoms with van der Waals surface area (Å²) < 4.78 is 10.4. The Morgan fingerprint density at radius 2 is 1.88 bits per heavy atom. The first-order chi connectivity index (χ1) is 16.3. The average molecular weight is 463 g/mol. The molecule has 34 heavy (non-hydrogen) atoms. The summed E-state index contributed by atoms with van der Waals surface area (Å²) in [5.41, 5.74) is 2.73. The van der Waals surface area contributed by atoms with E-state index in [1.807, 2.05) is 32.9 Å². The number of aryl methyl sites for hydroxylation is 1. The molecule has 0 spiro atoms. The van der Waals surface area contributed by atoms with E-state index in [4.69, 9.17) is 9.26 Å². The highest BCUT2D eigenvalue weighted by Gasteiger charge is 2.35. The number of methoxy groups -OCH3 is 1. The Morgan fingerprint density at radius 3 is 2.59 bits per heavy atom. The maximum atomic E-state index is 13.1. The van der Waals surface area contributed by atoms with E-state index in [-0.39, 0.29) is 29.5 Å². The maximum Gasteiger partial charge on any atom is 0.261 e. The molecule has 0 radical (unpaired) electrons. The van der Waals surface area contributed by atoms with Gasteiger partial charge in [0.15, 0.2) is 5.82 Å². The van der Waals surface area contributed by atoms with Crippen molar-refractivity contribution in [3.8, 4) is 11.5 Å². The summed E-state index contributed by atoms with van der Waals surface area (Å²) in [5, 5.41) is 6.92. The second-order valence-corrected chi connectivity index (χ2v) is 8.43. The molecule has 2 heterocycles. The van der Waals surface area contributed by atoms with Crippen LogP contribution >= 0.6 is 0 Å². The van der Waals surface area contributed by atoms with Crippen LogP contribution in [0.4, 0.5) is 5.69 Å². The molecule has 3 aromatic rings. The minimum Gasteiger partial charge on any atom is -0.385 e. The summed E-state index contributed by atoms with van der Waals surface area (Å²) in [7, 11) is 1.56. The predicted octanol–water partition coefficient (Wildman–Crippen LogP) is 4.05. The Labute approximate surface area is 197 Å². The number of carbonyl (C=O) groups excluding carboxylic acids is 3. The molecule has 0 atom stereocenters. The number of ether oxygens (including phenoxy) is 1. The molecule has 0 saturated carbocycles. The number of hydrogen-bond donors (Lipinski definition) is 1. The normalized spacial score (nSPS) is 13.0. The van der Waals surface area contributed by atoms with E-state index in [1.165, 1.54) is 17.0 Å². The zero-order valence-corrected chi connectivity index (χ0v) is 19.5. The zero-order chi connectivity index (χ0) is 24.4. The Morgan fingerprint density at radius 1 is 1.12 bits per heavy atom. The fourth-order valence-corrected chi connectivity index (χ4v) is 3.78. The van der Waals surface area contributed by atoms with Gasteiger partial charge in [-0.3, -0.25) is 19.3 Å². The highest BCUT2D eigenvalue weighted by atomic mass is 16.5. The molecular weight excluding hydrogens is 436 g/mol. The van der Waals surface area contributed by atoms with Crippen LogP contribution in [0.2, 0.25) is 0 Å². The van der Waals surface area contributed by atoms with Gasteiger partial charge in [-0.05, 0) is 43.2 Å². The topological polar surface area (TPSA) is 115 Å². The van der Waals surface area contributed by atoms with E-state index in [2.05, 4.69) is 15.5 Å². The number of aromatic nitrogens is 2. The summed E-state index contributed by atoms with van der Waals surface area (Å²) >= 11 is 0. The predicted molar refractivity (Wildman–Crippen MR) is 125 cm³/mol. The van der Waals surface area contributed by atoms with Crippen LogP contribution in [0.25, 0.3) is 11.5 Å². The van der Waals surface area contributed by atoms with Crippen molar-refractivity contribution in [2.45, 2.75) is 33.1 Å². The summed E-state index contributed by atoms with van der Waals surface area (Å²) in [4.78, 5) is 44.2. The molecule has 0 aliphatic carbocycles. The van der Waals surface area contributed by atoms with E-state index in [0.29, 0.717) is 41.6 Å². The van der Waals surface area contributed by atoms with Gasteiger partial charge in [0.05, 0.1) is 22.4 Å². The molecule has 9 heteroatoms. The first-order valence-electron chi connectivity index (χ1n) is 11.1. The van der Waals surface area contributed by atoms with E-state index in [9.17, 15) is 14.4 Å². The summed E-state index contributed by atoms with van der Waals surface area (Å²) in [6.45, 7) is 6.50. The van der Waals surface area contributed by atoms with E-state index in [0.717, 1.165) is 5.56 Å². The Kier molecular flexibility index (Phi) is 6.56. The van der Waals surface area contributed by atoms with Crippen LogP contribution in [0.1, 0.15) is 68.6 Å². The number of amides is 3. The second kappa shape index (κ2) is 9.56. The third kappa shape index (κ3) is 4.34. The van der Waals surface area contributed by atoms with Gasteiger partial charge in [-0.15, -0.1) is 0 Å². The number of hydrogen-bond acceptors (Lipinski definition) is 7. The average Bonchev–Trinajstić information content (AvgIpc) is 3.40. The molecule has 176 valence electrons. The number of para-hydroxylation sites is 1. The largest absolute Gasteiger partial charge is 0.385 e. The van der Waals surface area contributed by atoms with Crippen molar-refractivity contribution in [1.29, 1.82) is 0 Å². The van der Waals surface area contributed by atoms with Crippen LogP contribution in [0.3, 0.4) is 0 Å². The first kappa shape index (κ1) is 23.3. The maximum absolute atomic E-state index is 13.1. The van der Waals surface area contributed by atoms with Crippen molar-refractivity contribution in [2.24, 2.45) is 0 Å². The molecular formula is C25H26N4O5. The fraction of sp³-hybridized carbons (Fsp3) is 0.320. The smallest absolute Gasteiger partial charge is 0.261 e. The summed E-state index contributed by atoms with van der Waals surface area (Å²) in [6.07, 6.45) is 0.541. The minimum absolute atomic E-state index is 0.0982. The molecule has 1 aliphatic rings. The van der Waals surface area contributed by atoms with Crippen LogP contribution in [-0.4, -0.2) is 53.0 Å². The van der Waals surface area contributed by atoms with Crippen LogP contribution in [0, 0.1) is 6.92 Å². The van der Waals surface area contributed by atoms with Gasteiger partial charge in [0.25, 0.3) is 23.6 Å². The van der Waals surface area contributed by atoms with Gasteiger partial charge in [0, 0.05) is 31.7 Å². The number of anilines is 1. The third-order valence-corrected chi connectivity index (χ3v) is 5.66. The summed E-state index contributed by atoms with van der Waals surface area (Å²) in [5.74, 6) is -0.202. The molecule has 0 fully saturated rings. The molecule has 9 nitrogen and oxygen atoms in total. The third-order valence-electron chi connectivity index (χ3n) is 5.66. The number of nitrogens with one attached hydrogen (secondary N) is 1. The van der Waals surface area contributed by atoms with Gasteiger partial charge in [-0.2, -0.15) is 4.98 Å². The summed E-state index contributed by atoms with van der Waals surface area (Å²) in [6, 6.07) is 10.0. The van der Waals surface area contributed by atoms with Crippen molar-refractivity contribution >= 4 is 23.4 Å². The lowest BCUT2D eigenvalue weighted by Gasteiger charge is -2.13. The molecule has 1 aromatic heterocycles. The van der Waals surface area contributed by atoms with Crippen molar-refractivity contribution in [3.05, 3.63) is 64.5 Å². The van der Waals surface area contributed by atoms with E-state index >= 15 is 0 Å². The van der Waals surface area contributed by atoms with Gasteiger partial charge in [-0.1, -0.05) is 31.1 Å². The standard InChI is InChI=1S/C25H26N4O5/c1-14(2)21-27-23(34-28-21)18-8-5-7-15(3)20(18)26-22(30)16-9-10-17-19(13-16)25(32)29(24(17)31)11-6-12-33-4/h5,7-10,13-14H,6,11-12H2,1-4H3,(H,26,30). The lowest BCUT2D eigenvalue weighted by molar-refractivity contribution is 0.0638. The number of fused-ring (bicyclic) bond motifs is 1. The lowest BCUT2D eigenvalue weighted by Crippen LogP contribution is -2.31. The Bertz CT molecular complexity index is 1260. The van der Waals surface area contributed by atoms with E-state index < -0.39 is 11.8 Å². The van der Waals surface area contributed by atoms with Crippen LogP contribution in [0.5, 0.6) is 0 Å². The zero-order valence-electron chi connectivity index (χ0n) is 19.5. The van der Waals surface area contributed by atoms with Gasteiger partial charge in [0.2, 0.25) is 0 Å². The van der Waals surface area contributed by atoms with Crippen LogP contribution < -0.4 is 5.32 Å². The Balaban J connectivity index is 1.60. The SMILES string of the molecule is COCCCN1C(=O)c2ccc(C(=O)Nc3c(C)cccc3-c3nc(C(C)C)no3)cc2C1=O. The van der Waals surface area contributed by atoms with Crippen molar-refractivity contribution in [2.75, 3.05) is 25.6 Å². The van der Waals surface area contributed by atoms with Gasteiger partial charge >= 0.3 is 0 Å². The molecule has 1 N–H and O–H groups in total. The van der Waals surface area contributed by atoms with Crippen molar-refractivity contribution < 1.29 is 23.6 Å². The number of benzene rings is 2. The van der Waals surface area contributed by atoms with Crippen molar-refractivity contribution in [1.82, 2.24) is 15.0 Å². The highest BCUT2D eigenvalue weighted by Crippen LogP contribution is 2.31. The van der Waals surface area contributed by atoms with Gasteiger partial charge < -0.3 is 14.6 Å². The fourth-order valence-electron chi connectivity index (χ4n) is 3.78. The molecule has 4 rings (SSSR count). The van der Waals surface area contributed by atoms with E-state index in [1.54, 1.807) is 19.2 Å². The second-order valence-electron chi connectivity index (χ2n) is 8.43. The molecule has 1 aliphatic heterocycles. The molecule has 0 saturated heterocycles. The highest BCUT2D eigenvalue weighted by molar-refractivity contribution is 6.22. The number of nitrogens with zero attached hydrogens (tertiary/aromatic N) is 3. The Hall–Kier alpha value is -3.85. The number of carbonyl (C=O) groups is 3. The molecule has 0 bridgehead atoms. The molecule has 0 unspecified atom stereocenters. The first-order valence-corrected chi connectivity index (χ1v) is 11.1. The molecule has 3 amide bonds. The van der Waals surface area contributed by atoms with Crippen LogP contribution in [0.15, 0.2) is 40.9 Å². The van der Waals surface area contributed by atoms with Crippen LogP contribution in [-0.2, 0) is 4.74 Å². The van der Waals surface area contributed by atoms with Gasteiger partial charge in [0.1, 0.15) is 0 Å². The monoisotopic (exact) mass is 462 g/mol. The van der Waals surface area contributed by atoms with Gasteiger partial charge in [-0.25, -0.2) is 0 Å². The number of imide groups is 1.